The number of nitrogens with zero attached hydrogens (tertiary/aromatic N) is 2. The van der Waals surface area contributed by atoms with E-state index in [-0.39, 0.29) is 5.75 Å². The molecule has 0 bridgehead atoms. The van der Waals surface area contributed by atoms with Gasteiger partial charge in [-0.2, -0.15) is 17.6 Å². The molecule has 1 aromatic heterocycles. The van der Waals surface area contributed by atoms with Crippen LogP contribution in [0.4, 0.5) is 17.6 Å². The Balaban J connectivity index is 2.04. The summed E-state index contributed by atoms with van der Waals surface area (Å²) in [5.41, 5.74) is 1.51. The zero-order chi connectivity index (χ0) is 17.6. The van der Waals surface area contributed by atoms with Crippen LogP contribution in [0.1, 0.15) is 30.3 Å². The summed E-state index contributed by atoms with van der Waals surface area (Å²) in [6.07, 6.45) is -3.15. The van der Waals surface area contributed by atoms with E-state index in [1.54, 1.807) is 12.4 Å². The van der Waals surface area contributed by atoms with E-state index in [9.17, 15) is 17.6 Å². The Labute approximate surface area is 136 Å². The number of benzene rings is 1. The molecule has 2 rings (SSSR count). The third-order valence-electron chi connectivity index (χ3n) is 2.92. The number of hydrogen-bond acceptors (Lipinski definition) is 3. The summed E-state index contributed by atoms with van der Waals surface area (Å²) in [7, 11) is 0. The number of aryl methyl sites for hydroxylation is 1. The van der Waals surface area contributed by atoms with Gasteiger partial charge in [-0.25, -0.2) is 9.97 Å². The van der Waals surface area contributed by atoms with Crippen LogP contribution in [0.2, 0.25) is 0 Å². The molecule has 0 N–H and O–H groups in total. The predicted octanol–water partition coefficient (Wildman–Crippen LogP) is 4.07. The molecule has 0 fully saturated rings. The van der Waals surface area contributed by atoms with Gasteiger partial charge in [0.25, 0.3) is 0 Å². The Bertz CT molecular complexity index is 719. The van der Waals surface area contributed by atoms with Gasteiger partial charge in [-0.05, 0) is 42.2 Å². The maximum absolute atomic E-state index is 12.8. The summed E-state index contributed by atoms with van der Waals surface area (Å²) in [6, 6.07) is 5.06. The van der Waals surface area contributed by atoms with E-state index in [1.165, 1.54) is 12.1 Å². The molecule has 1 heterocycles. The van der Waals surface area contributed by atoms with Gasteiger partial charge in [-0.15, -0.1) is 0 Å². The second kappa shape index (κ2) is 7.77. The fourth-order valence-corrected chi connectivity index (χ4v) is 1.77. The monoisotopic (exact) mass is 338 g/mol. The van der Waals surface area contributed by atoms with Crippen LogP contribution in [0, 0.1) is 11.8 Å². The van der Waals surface area contributed by atoms with Crippen LogP contribution in [-0.4, -0.2) is 22.5 Å². The lowest BCUT2D eigenvalue weighted by molar-refractivity contribution is -0.253. The molecule has 0 atom stereocenters. The lowest BCUT2D eigenvalue weighted by Gasteiger charge is -2.16. The fraction of sp³-hybridized carbons (Fsp3) is 0.294. The Kier molecular flexibility index (Phi) is 5.74. The lowest BCUT2D eigenvalue weighted by Crippen LogP contribution is -2.33. The number of rotatable bonds is 5. The van der Waals surface area contributed by atoms with Crippen molar-refractivity contribution in [1.29, 1.82) is 0 Å². The molecular formula is C17H14F4N2O. The molecule has 0 saturated carbocycles. The van der Waals surface area contributed by atoms with Gasteiger partial charge in [0, 0.05) is 18.0 Å². The van der Waals surface area contributed by atoms with Crippen molar-refractivity contribution in [2.24, 2.45) is 0 Å². The zero-order valence-electron chi connectivity index (χ0n) is 12.8. The van der Waals surface area contributed by atoms with Crippen LogP contribution < -0.4 is 4.74 Å². The van der Waals surface area contributed by atoms with Crippen LogP contribution >= 0.6 is 0 Å². The number of ether oxygens (including phenoxy) is 1. The van der Waals surface area contributed by atoms with Gasteiger partial charge in [0.1, 0.15) is 5.75 Å². The number of alkyl halides is 4. The summed E-state index contributed by atoms with van der Waals surface area (Å²) < 4.78 is 53.6. The van der Waals surface area contributed by atoms with Crippen LogP contribution in [-0.2, 0) is 6.42 Å². The molecule has 0 spiro atoms. The van der Waals surface area contributed by atoms with Gasteiger partial charge in [0.05, 0.1) is 0 Å². The van der Waals surface area contributed by atoms with Gasteiger partial charge in [-0.3, -0.25) is 0 Å². The van der Waals surface area contributed by atoms with Crippen LogP contribution in [0.3, 0.4) is 0 Å². The smallest absolute Gasteiger partial charge is 0.428 e. The van der Waals surface area contributed by atoms with E-state index in [1.807, 2.05) is 0 Å². The zero-order valence-corrected chi connectivity index (χ0v) is 12.8. The quantitative estimate of drug-likeness (QED) is 0.609. The summed E-state index contributed by atoms with van der Waals surface area (Å²) in [6.45, 7) is 2.05. The van der Waals surface area contributed by atoms with Gasteiger partial charge >= 0.3 is 12.5 Å². The third kappa shape index (κ3) is 4.95. The molecule has 0 aliphatic carbocycles. The molecule has 0 saturated heterocycles. The van der Waals surface area contributed by atoms with E-state index in [2.05, 4.69) is 33.5 Å². The third-order valence-corrected chi connectivity index (χ3v) is 2.92. The maximum Gasteiger partial charge on any atom is 0.461 e. The molecule has 7 heteroatoms. The average molecular weight is 338 g/mol. The largest absolute Gasteiger partial charge is 0.461 e. The molecule has 2 aromatic rings. The standard InChI is InChI=1S/C17H14F4N2O/c1-2-3-13-10-22-15(23-11-13)9-6-12-4-7-14(8-5-12)24-17(20,21)16(18)19/h4-5,7-8,10-11,16H,2-3H2,1H3. The minimum absolute atomic E-state index is 0.333. The van der Waals surface area contributed by atoms with Crippen molar-refractivity contribution in [3.05, 3.63) is 53.6 Å². The van der Waals surface area contributed by atoms with Gasteiger partial charge in [0.2, 0.25) is 5.82 Å². The maximum atomic E-state index is 12.8. The van der Waals surface area contributed by atoms with Gasteiger partial charge in [-0.1, -0.05) is 19.3 Å². The Morgan fingerprint density at radius 1 is 1.08 bits per heavy atom. The van der Waals surface area contributed by atoms with Gasteiger partial charge in [0.15, 0.2) is 0 Å². The van der Waals surface area contributed by atoms with Gasteiger partial charge < -0.3 is 4.74 Å². The second-order valence-corrected chi connectivity index (χ2v) is 4.90. The Hall–Kier alpha value is -2.62. The Morgan fingerprint density at radius 2 is 1.71 bits per heavy atom. The van der Waals surface area contributed by atoms with E-state index < -0.39 is 12.5 Å². The summed E-state index contributed by atoms with van der Waals surface area (Å²) in [5.74, 6) is 5.46. The van der Waals surface area contributed by atoms with E-state index in [0.29, 0.717) is 11.4 Å². The highest BCUT2D eigenvalue weighted by Crippen LogP contribution is 2.27. The number of halogens is 4. The first kappa shape index (κ1) is 17.7. The highest BCUT2D eigenvalue weighted by Gasteiger charge is 2.43. The van der Waals surface area contributed by atoms with Crippen molar-refractivity contribution in [3.8, 4) is 17.6 Å². The minimum Gasteiger partial charge on any atom is -0.428 e. The van der Waals surface area contributed by atoms with Crippen molar-refractivity contribution in [2.75, 3.05) is 0 Å². The van der Waals surface area contributed by atoms with Crippen LogP contribution in [0.15, 0.2) is 36.7 Å². The minimum atomic E-state index is -4.53. The average Bonchev–Trinajstić information content (AvgIpc) is 2.55. The summed E-state index contributed by atoms with van der Waals surface area (Å²) in [4.78, 5) is 8.21. The first-order valence-corrected chi connectivity index (χ1v) is 7.18. The topological polar surface area (TPSA) is 35.0 Å². The van der Waals surface area contributed by atoms with Crippen molar-refractivity contribution in [2.45, 2.75) is 32.3 Å². The molecule has 0 amide bonds. The van der Waals surface area contributed by atoms with E-state index in [0.717, 1.165) is 30.5 Å². The normalized spacial score (nSPS) is 11.1. The predicted molar refractivity (Wildman–Crippen MR) is 80.0 cm³/mol. The Morgan fingerprint density at radius 3 is 2.25 bits per heavy atom. The summed E-state index contributed by atoms with van der Waals surface area (Å²) >= 11 is 0. The van der Waals surface area contributed by atoms with Crippen molar-refractivity contribution in [3.63, 3.8) is 0 Å². The molecule has 0 aliphatic heterocycles. The first-order valence-electron chi connectivity index (χ1n) is 7.18. The molecule has 0 unspecified atom stereocenters. The fourth-order valence-electron chi connectivity index (χ4n) is 1.77. The van der Waals surface area contributed by atoms with Crippen LogP contribution in [0.5, 0.6) is 5.75 Å². The van der Waals surface area contributed by atoms with E-state index in [4.69, 9.17) is 0 Å². The van der Waals surface area contributed by atoms with Crippen molar-refractivity contribution >= 4 is 0 Å². The SMILES string of the molecule is CCCc1cnc(C#Cc2ccc(OC(F)(F)C(F)F)cc2)nc1. The van der Waals surface area contributed by atoms with Crippen LogP contribution in [0.25, 0.3) is 0 Å². The lowest BCUT2D eigenvalue weighted by atomic mass is 10.2. The molecule has 0 radical (unpaired) electrons. The molecule has 1 aromatic carbocycles. The number of aromatic nitrogens is 2. The number of hydrogen-bond donors (Lipinski definition) is 0. The molecule has 3 nitrogen and oxygen atoms in total. The van der Waals surface area contributed by atoms with Crippen molar-refractivity contribution in [1.82, 2.24) is 9.97 Å². The summed E-state index contributed by atoms with van der Waals surface area (Å²) in [5, 5.41) is 0. The highest BCUT2D eigenvalue weighted by molar-refractivity contribution is 5.41. The molecule has 0 aliphatic rings. The molecule has 24 heavy (non-hydrogen) atoms. The first-order chi connectivity index (χ1) is 11.4. The molecular weight excluding hydrogens is 324 g/mol. The molecule has 126 valence electrons. The highest BCUT2D eigenvalue weighted by atomic mass is 19.3. The second-order valence-electron chi connectivity index (χ2n) is 4.90. The van der Waals surface area contributed by atoms with Crippen molar-refractivity contribution < 1.29 is 22.3 Å². The van der Waals surface area contributed by atoms with E-state index >= 15 is 0 Å².